The van der Waals surface area contributed by atoms with Gasteiger partial charge in [-0.2, -0.15) is 0 Å². The van der Waals surface area contributed by atoms with Crippen LogP contribution in [-0.4, -0.2) is 49.7 Å². The van der Waals surface area contributed by atoms with Crippen molar-refractivity contribution in [2.75, 3.05) is 38.6 Å². The number of anilines is 1. The number of hydrogen-bond acceptors (Lipinski definition) is 5. The van der Waals surface area contributed by atoms with Crippen LogP contribution in [0.4, 0.5) is 5.13 Å². The lowest BCUT2D eigenvalue weighted by atomic mass is 10.3. The van der Waals surface area contributed by atoms with Crippen LogP contribution < -0.4 is 10.2 Å². The second-order valence-corrected chi connectivity index (χ2v) is 6.28. The number of nitrogens with zero attached hydrogens (tertiary/aromatic N) is 3. The van der Waals surface area contributed by atoms with Crippen molar-refractivity contribution >= 4 is 16.5 Å². The SMILES string of the molecule is CCCNCc1cnc(N(CC)C(C)CN(C)C)s1. The van der Waals surface area contributed by atoms with Crippen LogP contribution in [0.1, 0.15) is 32.1 Å². The van der Waals surface area contributed by atoms with Crippen molar-refractivity contribution in [3.63, 3.8) is 0 Å². The van der Waals surface area contributed by atoms with E-state index < -0.39 is 0 Å². The summed E-state index contributed by atoms with van der Waals surface area (Å²) in [7, 11) is 4.23. The van der Waals surface area contributed by atoms with Gasteiger partial charge in [-0.05, 0) is 40.9 Å². The van der Waals surface area contributed by atoms with Crippen LogP contribution in [-0.2, 0) is 6.54 Å². The second-order valence-electron chi connectivity index (χ2n) is 5.18. The van der Waals surface area contributed by atoms with E-state index in [-0.39, 0.29) is 0 Å². The zero-order valence-corrected chi connectivity index (χ0v) is 13.8. The standard InChI is InChI=1S/C14H28N4S/c1-6-8-15-9-13-10-16-14(19-13)18(7-2)12(3)11-17(4)5/h10,12,15H,6-9,11H2,1-5H3. The zero-order chi connectivity index (χ0) is 14.3. The van der Waals surface area contributed by atoms with Gasteiger partial charge in [-0.3, -0.25) is 0 Å². The average Bonchev–Trinajstić information content (AvgIpc) is 2.78. The Kier molecular flexibility index (Phi) is 7.34. The Morgan fingerprint density at radius 2 is 2.11 bits per heavy atom. The molecule has 1 aromatic heterocycles. The highest BCUT2D eigenvalue weighted by Crippen LogP contribution is 2.24. The fourth-order valence-corrected chi connectivity index (χ4v) is 3.21. The van der Waals surface area contributed by atoms with E-state index in [9.17, 15) is 0 Å². The van der Waals surface area contributed by atoms with Crippen molar-refractivity contribution in [2.45, 2.75) is 39.8 Å². The van der Waals surface area contributed by atoms with E-state index in [1.54, 1.807) is 11.3 Å². The lowest BCUT2D eigenvalue weighted by Crippen LogP contribution is -2.40. The molecular weight excluding hydrogens is 256 g/mol. The summed E-state index contributed by atoms with van der Waals surface area (Å²) in [4.78, 5) is 10.5. The van der Waals surface area contributed by atoms with Gasteiger partial charge in [-0.25, -0.2) is 4.98 Å². The molecule has 0 aromatic carbocycles. The maximum atomic E-state index is 4.58. The molecule has 5 heteroatoms. The van der Waals surface area contributed by atoms with Gasteiger partial charge in [-0.1, -0.05) is 6.92 Å². The third-order valence-corrected chi connectivity index (χ3v) is 4.05. The summed E-state index contributed by atoms with van der Waals surface area (Å²) in [5, 5.41) is 4.57. The van der Waals surface area contributed by atoms with E-state index in [2.05, 4.69) is 55.0 Å². The van der Waals surface area contributed by atoms with Crippen molar-refractivity contribution in [3.05, 3.63) is 11.1 Å². The molecular formula is C14H28N4S. The molecule has 0 radical (unpaired) electrons. The third kappa shape index (κ3) is 5.47. The normalized spacial score (nSPS) is 12.9. The molecule has 0 aliphatic rings. The van der Waals surface area contributed by atoms with Crippen molar-refractivity contribution in [1.82, 2.24) is 15.2 Å². The average molecular weight is 284 g/mol. The van der Waals surface area contributed by atoms with E-state index in [0.717, 1.165) is 31.3 Å². The van der Waals surface area contributed by atoms with Crippen molar-refractivity contribution in [1.29, 1.82) is 0 Å². The fourth-order valence-electron chi connectivity index (χ4n) is 2.16. The molecule has 0 saturated carbocycles. The Morgan fingerprint density at radius 1 is 1.37 bits per heavy atom. The first-order valence-corrected chi connectivity index (χ1v) is 7.96. The van der Waals surface area contributed by atoms with Crippen LogP contribution in [0, 0.1) is 0 Å². The minimum atomic E-state index is 0.489. The molecule has 0 amide bonds. The van der Waals surface area contributed by atoms with Crippen LogP contribution in [0.25, 0.3) is 0 Å². The Morgan fingerprint density at radius 3 is 2.68 bits per heavy atom. The van der Waals surface area contributed by atoms with Gasteiger partial charge in [-0.15, -0.1) is 11.3 Å². The van der Waals surface area contributed by atoms with Gasteiger partial charge in [0.15, 0.2) is 5.13 Å². The summed E-state index contributed by atoms with van der Waals surface area (Å²) in [6, 6.07) is 0.489. The van der Waals surface area contributed by atoms with Crippen LogP contribution in [0.2, 0.25) is 0 Å². The van der Waals surface area contributed by atoms with Crippen molar-refractivity contribution < 1.29 is 0 Å². The summed E-state index contributed by atoms with van der Waals surface area (Å²) >= 11 is 1.81. The Labute approximate surface area is 121 Å². The first kappa shape index (κ1) is 16.4. The van der Waals surface area contributed by atoms with Gasteiger partial charge >= 0.3 is 0 Å². The first-order valence-electron chi connectivity index (χ1n) is 7.15. The second kappa shape index (κ2) is 8.51. The molecule has 0 aliphatic heterocycles. The molecule has 1 unspecified atom stereocenters. The molecule has 0 bridgehead atoms. The van der Waals surface area contributed by atoms with Gasteiger partial charge in [0, 0.05) is 36.8 Å². The topological polar surface area (TPSA) is 31.4 Å². The van der Waals surface area contributed by atoms with Crippen LogP contribution in [0.15, 0.2) is 6.20 Å². The van der Waals surface area contributed by atoms with Gasteiger partial charge in [0.25, 0.3) is 0 Å². The Balaban J connectivity index is 2.60. The van der Waals surface area contributed by atoms with Gasteiger partial charge in [0.05, 0.1) is 0 Å². The molecule has 0 fully saturated rings. The van der Waals surface area contributed by atoms with Crippen LogP contribution in [0.3, 0.4) is 0 Å². The van der Waals surface area contributed by atoms with E-state index in [0.29, 0.717) is 6.04 Å². The number of hydrogen-bond donors (Lipinski definition) is 1. The lowest BCUT2D eigenvalue weighted by molar-refractivity contribution is 0.373. The summed E-state index contributed by atoms with van der Waals surface area (Å²) in [5.74, 6) is 0. The summed E-state index contributed by atoms with van der Waals surface area (Å²) in [6.07, 6.45) is 3.18. The molecule has 0 saturated heterocycles. The molecule has 0 aliphatic carbocycles. The highest BCUT2D eigenvalue weighted by atomic mass is 32.1. The van der Waals surface area contributed by atoms with Gasteiger partial charge < -0.3 is 15.1 Å². The molecule has 4 nitrogen and oxygen atoms in total. The Hall–Kier alpha value is -0.650. The summed E-state index contributed by atoms with van der Waals surface area (Å²) < 4.78 is 0. The van der Waals surface area contributed by atoms with Crippen LogP contribution >= 0.6 is 11.3 Å². The zero-order valence-electron chi connectivity index (χ0n) is 12.9. The smallest absolute Gasteiger partial charge is 0.185 e. The van der Waals surface area contributed by atoms with Crippen molar-refractivity contribution in [2.24, 2.45) is 0 Å². The molecule has 1 rings (SSSR count). The Bertz CT molecular complexity index is 351. The molecule has 1 aromatic rings. The number of rotatable bonds is 9. The van der Waals surface area contributed by atoms with E-state index in [1.165, 1.54) is 11.3 Å². The summed E-state index contributed by atoms with van der Waals surface area (Å²) in [6.45, 7) is 10.7. The monoisotopic (exact) mass is 284 g/mol. The third-order valence-electron chi connectivity index (χ3n) is 3.02. The molecule has 1 atom stereocenters. The van der Waals surface area contributed by atoms with E-state index in [1.807, 2.05) is 6.20 Å². The van der Waals surface area contributed by atoms with Gasteiger partial charge in [0.2, 0.25) is 0 Å². The van der Waals surface area contributed by atoms with E-state index >= 15 is 0 Å². The minimum Gasteiger partial charge on any atom is -0.344 e. The maximum absolute atomic E-state index is 4.58. The van der Waals surface area contributed by atoms with Gasteiger partial charge in [0.1, 0.15) is 0 Å². The number of nitrogens with one attached hydrogen (secondary N) is 1. The summed E-state index contributed by atoms with van der Waals surface area (Å²) in [5.41, 5.74) is 0. The number of aromatic nitrogens is 1. The number of likely N-dealkylation sites (N-methyl/N-ethyl adjacent to an activating group) is 2. The van der Waals surface area contributed by atoms with Crippen molar-refractivity contribution in [3.8, 4) is 0 Å². The molecule has 1 N–H and O–H groups in total. The quantitative estimate of drug-likeness (QED) is 0.706. The maximum Gasteiger partial charge on any atom is 0.185 e. The molecule has 1 heterocycles. The highest BCUT2D eigenvalue weighted by molar-refractivity contribution is 7.15. The predicted molar refractivity (Wildman–Crippen MR) is 85.1 cm³/mol. The molecule has 110 valence electrons. The largest absolute Gasteiger partial charge is 0.344 e. The highest BCUT2D eigenvalue weighted by Gasteiger charge is 2.16. The van der Waals surface area contributed by atoms with E-state index in [4.69, 9.17) is 0 Å². The lowest BCUT2D eigenvalue weighted by Gasteiger charge is -2.29. The molecule has 19 heavy (non-hydrogen) atoms. The number of thiazole rings is 1. The fraction of sp³-hybridized carbons (Fsp3) is 0.786. The molecule has 0 spiro atoms. The van der Waals surface area contributed by atoms with Crippen LogP contribution in [0.5, 0.6) is 0 Å². The first-order chi connectivity index (χ1) is 9.08. The minimum absolute atomic E-state index is 0.489. The predicted octanol–water partition coefficient (Wildman–Crippen LogP) is 2.42.